The SMILES string of the molecule is CN(C[C@H]1CCS(=O)(=O)C1)c1ccc2ccc(F)cc2n1. The third-order valence-corrected chi connectivity index (χ3v) is 5.73. The average molecular weight is 308 g/mol. The van der Waals surface area contributed by atoms with Gasteiger partial charge in [0.25, 0.3) is 0 Å². The number of rotatable bonds is 3. The van der Waals surface area contributed by atoms with E-state index < -0.39 is 9.84 Å². The highest BCUT2D eigenvalue weighted by Gasteiger charge is 2.28. The molecule has 1 aromatic heterocycles. The van der Waals surface area contributed by atoms with Gasteiger partial charge in [0.15, 0.2) is 9.84 Å². The molecular weight excluding hydrogens is 291 g/mol. The van der Waals surface area contributed by atoms with Crippen LogP contribution < -0.4 is 4.90 Å². The van der Waals surface area contributed by atoms with Gasteiger partial charge in [0.2, 0.25) is 0 Å². The molecule has 0 radical (unpaired) electrons. The van der Waals surface area contributed by atoms with Crippen molar-refractivity contribution in [2.24, 2.45) is 5.92 Å². The molecule has 1 atom stereocenters. The molecule has 0 bridgehead atoms. The molecule has 0 unspecified atom stereocenters. The molecule has 0 amide bonds. The molecule has 0 saturated carbocycles. The molecule has 6 heteroatoms. The normalized spacial score (nSPS) is 20.8. The molecule has 1 aromatic carbocycles. The highest BCUT2D eigenvalue weighted by Crippen LogP contribution is 2.23. The van der Waals surface area contributed by atoms with Crippen molar-refractivity contribution >= 4 is 26.6 Å². The van der Waals surface area contributed by atoms with Crippen LogP contribution in [0, 0.1) is 11.7 Å². The van der Waals surface area contributed by atoms with Crippen molar-refractivity contribution in [2.45, 2.75) is 6.42 Å². The van der Waals surface area contributed by atoms with Crippen LogP contribution in [0.15, 0.2) is 30.3 Å². The van der Waals surface area contributed by atoms with E-state index in [1.165, 1.54) is 12.1 Å². The number of anilines is 1. The van der Waals surface area contributed by atoms with Crippen LogP contribution in [0.25, 0.3) is 10.9 Å². The Labute approximate surface area is 123 Å². The lowest BCUT2D eigenvalue weighted by atomic mass is 10.1. The zero-order chi connectivity index (χ0) is 15.0. The Hall–Kier alpha value is -1.69. The third kappa shape index (κ3) is 3.15. The van der Waals surface area contributed by atoms with E-state index in [1.54, 1.807) is 6.07 Å². The lowest BCUT2D eigenvalue weighted by Gasteiger charge is -2.21. The second kappa shape index (κ2) is 5.26. The van der Waals surface area contributed by atoms with Crippen LogP contribution in [-0.4, -0.2) is 38.5 Å². The fourth-order valence-corrected chi connectivity index (χ4v) is 4.64. The molecule has 2 heterocycles. The second-order valence-corrected chi connectivity index (χ2v) is 7.88. The number of nitrogens with zero attached hydrogens (tertiary/aromatic N) is 2. The van der Waals surface area contributed by atoms with Crippen LogP contribution in [0.3, 0.4) is 0 Å². The number of hydrogen-bond donors (Lipinski definition) is 0. The molecule has 4 nitrogen and oxygen atoms in total. The van der Waals surface area contributed by atoms with Crippen LogP contribution >= 0.6 is 0 Å². The first-order valence-electron chi connectivity index (χ1n) is 6.91. The maximum absolute atomic E-state index is 13.3. The van der Waals surface area contributed by atoms with Crippen molar-refractivity contribution in [2.75, 3.05) is 30.0 Å². The largest absolute Gasteiger partial charge is 0.359 e. The zero-order valence-corrected chi connectivity index (χ0v) is 12.6. The summed E-state index contributed by atoms with van der Waals surface area (Å²) >= 11 is 0. The predicted molar refractivity (Wildman–Crippen MR) is 81.7 cm³/mol. The lowest BCUT2D eigenvalue weighted by molar-refractivity contribution is 0.580. The summed E-state index contributed by atoms with van der Waals surface area (Å²) < 4.78 is 36.3. The van der Waals surface area contributed by atoms with Crippen molar-refractivity contribution in [3.63, 3.8) is 0 Å². The minimum atomic E-state index is -2.86. The van der Waals surface area contributed by atoms with Gasteiger partial charge in [-0.25, -0.2) is 17.8 Å². The standard InChI is InChI=1S/C15H17FN2O2S/c1-18(9-11-6-7-21(19,20)10-11)15-5-3-12-2-4-13(16)8-14(12)17-15/h2-5,8,11H,6-7,9-10H2,1H3/t11-/m1/s1. The molecule has 1 saturated heterocycles. The van der Waals surface area contributed by atoms with Gasteiger partial charge >= 0.3 is 0 Å². The van der Waals surface area contributed by atoms with Crippen molar-refractivity contribution in [1.29, 1.82) is 0 Å². The molecule has 112 valence electrons. The molecule has 1 fully saturated rings. The Morgan fingerprint density at radius 2 is 2.10 bits per heavy atom. The Bertz CT molecular complexity index is 776. The van der Waals surface area contributed by atoms with Gasteiger partial charge in [0.05, 0.1) is 17.0 Å². The van der Waals surface area contributed by atoms with E-state index in [4.69, 9.17) is 0 Å². The van der Waals surface area contributed by atoms with Crippen LogP contribution in [0.4, 0.5) is 10.2 Å². The summed E-state index contributed by atoms with van der Waals surface area (Å²) in [7, 11) is -0.973. The van der Waals surface area contributed by atoms with E-state index in [0.29, 0.717) is 18.5 Å². The molecular formula is C15H17FN2O2S. The smallest absolute Gasteiger partial charge is 0.150 e. The highest BCUT2D eigenvalue weighted by molar-refractivity contribution is 7.91. The summed E-state index contributed by atoms with van der Waals surface area (Å²) in [4.78, 5) is 6.39. The molecule has 0 N–H and O–H groups in total. The Morgan fingerprint density at radius 1 is 1.33 bits per heavy atom. The van der Waals surface area contributed by atoms with Crippen molar-refractivity contribution in [1.82, 2.24) is 4.98 Å². The first-order chi connectivity index (χ1) is 9.93. The highest BCUT2D eigenvalue weighted by atomic mass is 32.2. The predicted octanol–water partition coefficient (Wildman–Crippen LogP) is 2.24. The minimum absolute atomic E-state index is 0.144. The molecule has 0 aliphatic carbocycles. The van der Waals surface area contributed by atoms with Gasteiger partial charge in [-0.3, -0.25) is 0 Å². The Kier molecular flexibility index (Phi) is 3.57. The number of benzene rings is 1. The van der Waals surface area contributed by atoms with E-state index in [1.807, 2.05) is 24.1 Å². The Balaban J connectivity index is 1.80. The second-order valence-electron chi connectivity index (χ2n) is 5.66. The van der Waals surface area contributed by atoms with Gasteiger partial charge in [-0.2, -0.15) is 0 Å². The van der Waals surface area contributed by atoms with Crippen LogP contribution in [-0.2, 0) is 9.84 Å². The van der Waals surface area contributed by atoms with E-state index in [0.717, 1.165) is 11.2 Å². The summed E-state index contributed by atoms with van der Waals surface area (Å²) in [6, 6.07) is 8.30. The summed E-state index contributed by atoms with van der Waals surface area (Å²) in [5.74, 6) is 1.10. The maximum atomic E-state index is 13.3. The van der Waals surface area contributed by atoms with Crippen molar-refractivity contribution in [3.8, 4) is 0 Å². The quantitative estimate of drug-likeness (QED) is 0.872. The van der Waals surface area contributed by atoms with Crippen molar-refractivity contribution < 1.29 is 12.8 Å². The number of hydrogen-bond acceptors (Lipinski definition) is 4. The monoisotopic (exact) mass is 308 g/mol. The molecule has 1 aliphatic heterocycles. The average Bonchev–Trinajstić information content (AvgIpc) is 2.77. The number of pyridine rings is 1. The van der Waals surface area contributed by atoms with Gasteiger partial charge in [-0.05, 0) is 36.6 Å². The summed E-state index contributed by atoms with van der Waals surface area (Å²) in [5.41, 5.74) is 0.610. The Morgan fingerprint density at radius 3 is 2.81 bits per heavy atom. The zero-order valence-electron chi connectivity index (χ0n) is 11.8. The first kappa shape index (κ1) is 14.3. The molecule has 1 aliphatic rings. The van der Waals surface area contributed by atoms with E-state index >= 15 is 0 Å². The molecule has 3 rings (SSSR count). The van der Waals surface area contributed by atoms with Crippen molar-refractivity contribution in [3.05, 3.63) is 36.1 Å². The van der Waals surface area contributed by atoms with Crippen LogP contribution in [0.5, 0.6) is 0 Å². The molecule has 2 aromatic rings. The number of aromatic nitrogens is 1. The van der Waals surface area contributed by atoms with Gasteiger partial charge in [0.1, 0.15) is 11.6 Å². The van der Waals surface area contributed by atoms with Gasteiger partial charge in [0, 0.05) is 25.0 Å². The summed E-state index contributed by atoms with van der Waals surface area (Å²) in [6.07, 6.45) is 0.703. The van der Waals surface area contributed by atoms with E-state index in [-0.39, 0.29) is 23.2 Å². The number of halogens is 1. The molecule has 0 spiro atoms. The number of sulfone groups is 1. The molecule has 21 heavy (non-hydrogen) atoms. The van der Waals surface area contributed by atoms with Crippen LogP contribution in [0.2, 0.25) is 0 Å². The van der Waals surface area contributed by atoms with Crippen LogP contribution in [0.1, 0.15) is 6.42 Å². The fraction of sp³-hybridized carbons (Fsp3) is 0.400. The fourth-order valence-electron chi connectivity index (χ4n) is 2.79. The number of fused-ring (bicyclic) bond motifs is 1. The summed E-state index contributed by atoms with van der Waals surface area (Å²) in [6.45, 7) is 0.646. The van der Waals surface area contributed by atoms with E-state index in [9.17, 15) is 12.8 Å². The van der Waals surface area contributed by atoms with E-state index in [2.05, 4.69) is 4.98 Å². The minimum Gasteiger partial charge on any atom is -0.359 e. The maximum Gasteiger partial charge on any atom is 0.150 e. The summed E-state index contributed by atoms with van der Waals surface area (Å²) in [5, 5.41) is 0.886. The lowest BCUT2D eigenvalue weighted by Crippen LogP contribution is -2.26. The topological polar surface area (TPSA) is 50.3 Å². The van der Waals surface area contributed by atoms with Gasteiger partial charge in [-0.15, -0.1) is 0 Å². The van der Waals surface area contributed by atoms with Gasteiger partial charge in [-0.1, -0.05) is 0 Å². The van der Waals surface area contributed by atoms with Gasteiger partial charge < -0.3 is 4.90 Å². The first-order valence-corrected chi connectivity index (χ1v) is 8.73. The third-order valence-electron chi connectivity index (χ3n) is 3.89.